The van der Waals surface area contributed by atoms with Gasteiger partial charge in [0.1, 0.15) is 12.1 Å². The van der Waals surface area contributed by atoms with Crippen molar-refractivity contribution in [3.63, 3.8) is 0 Å². The van der Waals surface area contributed by atoms with Gasteiger partial charge in [0.25, 0.3) is 0 Å². The molecule has 0 fully saturated rings. The maximum absolute atomic E-state index is 4.27. The van der Waals surface area contributed by atoms with Gasteiger partial charge in [0.15, 0.2) is 5.65 Å². The second kappa shape index (κ2) is 4.59. The third-order valence-electron chi connectivity index (χ3n) is 3.76. The van der Waals surface area contributed by atoms with Crippen LogP contribution in [0.25, 0.3) is 5.65 Å². The lowest BCUT2D eigenvalue weighted by molar-refractivity contribution is 0.912. The van der Waals surface area contributed by atoms with Crippen molar-refractivity contribution in [1.82, 2.24) is 14.6 Å². The average Bonchev–Trinajstić information content (AvgIpc) is 3.09. The Morgan fingerprint density at radius 1 is 1.30 bits per heavy atom. The predicted molar refractivity (Wildman–Crippen MR) is 81.4 cm³/mol. The van der Waals surface area contributed by atoms with Gasteiger partial charge in [-0.2, -0.15) is 9.61 Å². The van der Waals surface area contributed by atoms with E-state index in [0.717, 1.165) is 18.0 Å². The van der Waals surface area contributed by atoms with Crippen molar-refractivity contribution in [1.29, 1.82) is 0 Å². The molecule has 4 nitrogen and oxygen atoms in total. The number of pyridine rings is 1. The number of aryl methyl sites for hydroxylation is 3. The monoisotopic (exact) mass is 284 g/mol. The molecular weight excluding hydrogens is 268 g/mol. The molecule has 1 aliphatic carbocycles. The van der Waals surface area contributed by atoms with Gasteiger partial charge in [0, 0.05) is 9.75 Å². The summed E-state index contributed by atoms with van der Waals surface area (Å²) in [5, 5.41) is 7.76. The number of fused-ring (bicyclic) bond motifs is 2. The van der Waals surface area contributed by atoms with Crippen molar-refractivity contribution in [3.8, 4) is 0 Å². The Kier molecular flexibility index (Phi) is 2.73. The highest BCUT2D eigenvalue weighted by atomic mass is 32.1. The van der Waals surface area contributed by atoms with Crippen molar-refractivity contribution < 1.29 is 0 Å². The lowest BCUT2D eigenvalue weighted by Gasteiger charge is -2.08. The van der Waals surface area contributed by atoms with E-state index in [-0.39, 0.29) is 0 Å². The molecular formula is C15H16N4S. The van der Waals surface area contributed by atoms with Crippen LogP contribution in [0.2, 0.25) is 0 Å². The number of rotatable bonds is 3. The Bertz CT molecular complexity index is 750. The van der Waals surface area contributed by atoms with Crippen LogP contribution in [-0.4, -0.2) is 14.6 Å². The van der Waals surface area contributed by atoms with E-state index >= 15 is 0 Å². The smallest absolute Gasteiger partial charge is 0.157 e. The molecule has 0 amide bonds. The zero-order valence-electron chi connectivity index (χ0n) is 11.4. The van der Waals surface area contributed by atoms with Crippen molar-refractivity contribution >= 4 is 22.8 Å². The van der Waals surface area contributed by atoms with Crippen molar-refractivity contribution in [2.45, 2.75) is 32.7 Å². The maximum Gasteiger partial charge on any atom is 0.157 e. The van der Waals surface area contributed by atoms with Crippen LogP contribution in [0, 0.1) is 6.92 Å². The van der Waals surface area contributed by atoms with Crippen LogP contribution in [0.4, 0.5) is 5.82 Å². The van der Waals surface area contributed by atoms with Gasteiger partial charge in [-0.3, -0.25) is 0 Å². The van der Waals surface area contributed by atoms with E-state index in [1.54, 1.807) is 16.8 Å². The number of anilines is 1. The van der Waals surface area contributed by atoms with Gasteiger partial charge in [-0.05, 0) is 55.5 Å². The molecule has 3 heterocycles. The molecule has 1 aliphatic rings. The molecule has 0 radical (unpaired) electrons. The van der Waals surface area contributed by atoms with Gasteiger partial charge in [-0.25, -0.2) is 4.98 Å². The van der Waals surface area contributed by atoms with E-state index in [4.69, 9.17) is 0 Å². The summed E-state index contributed by atoms with van der Waals surface area (Å²) in [6.45, 7) is 2.94. The molecule has 20 heavy (non-hydrogen) atoms. The first-order valence-electron chi connectivity index (χ1n) is 6.94. The molecule has 0 aliphatic heterocycles. The van der Waals surface area contributed by atoms with Crippen LogP contribution < -0.4 is 5.32 Å². The Morgan fingerprint density at radius 2 is 2.25 bits per heavy atom. The Labute approximate surface area is 121 Å². The van der Waals surface area contributed by atoms with Crippen LogP contribution in [0.1, 0.15) is 27.3 Å². The third kappa shape index (κ3) is 1.98. The molecule has 4 rings (SSSR count). The molecule has 0 saturated heterocycles. The molecule has 0 atom stereocenters. The van der Waals surface area contributed by atoms with Gasteiger partial charge in [0.2, 0.25) is 0 Å². The summed E-state index contributed by atoms with van der Waals surface area (Å²) in [5.74, 6) is 1.01. The van der Waals surface area contributed by atoms with Crippen LogP contribution in [0.5, 0.6) is 0 Å². The average molecular weight is 284 g/mol. The van der Waals surface area contributed by atoms with Crippen molar-refractivity contribution in [3.05, 3.63) is 45.4 Å². The van der Waals surface area contributed by atoms with E-state index in [9.17, 15) is 0 Å². The van der Waals surface area contributed by atoms with Gasteiger partial charge in [-0.15, -0.1) is 11.3 Å². The van der Waals surface area contributed by atoms with E-state index in [2.05, 4.69) is 34.5 Å². The first-order valence-corrected chi connectivity index (χ1v) is 7.76. The molecule has 0 aromatic carbocycles. The second-order valence-electron chi connectivity index (χ2n) is 5.32. The van der Waals surface area contributed by atoms with Crippen LogP contribution >= 0.6 is 11.3 Å². The lowest BCUT2D eigenvalue weighted by atomic mass is 10.2. The van der Waals surface area contributed by atoms with E-state index < -0.39 is 0 Å². The van der Waals surface area contributed by atoms with Crippen LogP contribution in [0.3, 0.4) is 0 Å². The predicted octanol–water partition coefficient (Wildman–Crippen LogP) is 3.20. The van der Waals surface area contributed by atoms with Crippen molar-refractivity contribution in [2.24, 2.45) is 0 Å². The molecule has 0 spiro atoms. The van der Waals surface area contributed by atoms with E-state index in [1.165, 1.54) is 29.7 Å². The molecule has 0 saturated carbocycles. The zero-order chi connectivity index (χ0) is 13.5. The highest BCUT2D eigenvalue weighted by Gasteiger charge is 2.14. The summed E-state index contributed by atoms with van der Waals surface area (Å²) in [6, 6.07) is 6.51. The minimum absolute atomic E-state index is 0.857. The highest BCUT2D eigenvalue weighted by Crippen LogP contribution is 2.31. The molecule has 1 N–H and O–H groups in total. The summed E-state index contributed by atoms with van der Waals surface area (Å²) in [6.07, 6.45) is 5.44. The number of nitrogens with zero attached hydrogens (tertiary/aromatic N) is 3. The van der Waals surface area contributed by atoms with Gasteiger partial charge in [-0.1, -0.05) is 0 Å². The second-order valence-corrected chi connectivity index (χ2v) is 6.54. The first-order chi connectivity index (χ1) is 9.79. The summed E-state index contributed by atoms with van der Waals surface area (Å²) >= 11 is 1.95. The van der Waals surface area contributed by atoms with E-state index in [0.29, 0.717) is 0 Å². The fraction of sp³-hybridized carbons (Fsp3) is 0.333. The zero-order valence-corrected chi connectivity index (χ0v) is 12.2. The fourth-order valence-electron chi connectivity index (χ4n) is 2.84. The standard InChI is InChI=1S/C15H16N4S/c1-10-5-14(19-15(6-10)17-9-18-19)16-8-12-7-11-3-2-4-13(11)20-12/h5-7,9,16H,2-4,8H2,1H3. The topological polar surface area (TPSA) is 42.2 Å². The minimum atomic E-state index is 0.857. The van der Waals surface area contributed by atoms with Gasteiger partial charge >= 0.3 is 0 Å². The van der Waals surface area contributed by atoms with E-state index in [1.807, 2.05) is 21.9 Å². The summed E-state index contributed by atoms with van der Waals surface area (Å²) in [5.41, 5.74) is 3.64. The Hall–Kier alpha value is -1.88. The summed E-state index contributed by atoms with van der Waals surface area (Å²) < 4.78 is 1.86. The van der Waals surface area contributed by atoms with Gasteiger partial charge in [0.05, 0.1) is 6.54 Å². The largest absolute Gasteiger partial charge is 0.365 e. The number of thiophene rings is 1. The first kappa shape index (κ1) is 11.9. The normalized spacial score (nSPS) is 13.8. The van der Waals surface area contributed by atoms with Crippen LogP contribution in [0.15, 0.2) is 24.5 Å². The molecule has 3 aromatic rings. The maximum atomic E-state index is 4.27. The fourth-order valence-corrected chi connectivity index (χ4v) is 4.04. The molecule has 5 heteroatoms. The van der Waals surface area contributed by atoms with Crippen molar-refractivity contribution in [2.75, 3.05) is 5.32 Å². The number of hydrogen-bond donors (Lipinski definition) is 1. The number of hydrogen-bond acceptors (Lipinski definition) is 4. The summed E-state index contributed by atoms with van der Waals surface area (Å²) in [4.78, 5) is 7.24. The number of nitrogens with one attached hydrogen (secondary N) is 1. The van der Waals surface area contributed by atoms with Crippen LogP contribution in [-0.2, 0) is 19.4 Å². The molecule has 0 unspecified atom stereocenters. The lowest BCUT2D eigenvalue weighted by Crippen LogP contribution is -2.04. The SMILES string of the molecule is Cc1cc(NCc2cc3c(s2)CCC3)n2ncnc2c1. The molecule has 102 valence electrons. The molecule has 3 aromatic heterocycles. The Balaban J connectivity index is 1.59. The molecule has 0 bridgehead atoms. The van der Waals surface area contributed by atoms with Gasteiger partial charge < -0.3 is 5.32 Å². The third-order valence-corrected chi connectivity index (χ3v) is 5.00. The number of aromatic nitrogens is 3. The Morgan fingerprint density at radius 3 is 3.15 bits per heavy atom. The minimum Gasteiger partial charge on any atom is -0.365 e. The summed E-state index contributed by atoms with van der Waals surface area (Å²) in [7, 11) is 0. The highest BCUT2D eigenvalue weighted by molar-refractivity contribution is 7.12. The quantitative estimate of drug-likeness (QED) is 0.803.